The van der Waals surface area contributed by atoms with Crippen LogP contribution in [0.2, 0.25) is 0 Å². The summed E-state index contributed by atoms with van der Waals surface area (Å²) in [7, 11) is 1.40. The van der Waals surface area contributed by atoms with E-state index in [0.717, 1.165) is 40.9 Å². The van der Waals surface area contributed by atoms with Gasteiger partial charge in [0.15, 0.2) is 0 Å². The molecule has 0 aliphatic heterocycles. The fourth-order valence-electron chi connectivity index (χ4n) is 2.98. The second-order valence-electron chi connectivity index (χ2n) is 7.10. The van der Waals surface area contributed by atoms with E-state index in [-0.39, 0.29) is 5.97 Å². The minimum atomic E-state index is -0.340. The largest absolute Gasteiger partial charge is 0.465 e. The van der Waals surface area contributed by atoms with Gasteiger partial charge in [0.2, 0.25) is 0 Å². The fourth-order valence-corrected chi connectivity index (χ4v) is 2.98. The second kappa shape index (κ2) is 8.16. The highest BCUT2D eigenvalue weighted by Gasteiger charge is 2.15. The third kappa shape index (κ3) is 4.25. The first kappa shape index (κ1) is 18.8. The predicted molar refractivity (Wildman–Crippen MR) is 106 cm³/mol. The van der Waals surface area contributed by atoms with Crippen molar-refractivity contribution in [3.63, 3.8) is 0 Å². The number of nitrogens with zero attached hydrogens (tertiary/aromatic N) is 3. The van der Waals surface area contributed by atoms with Gasteiger partial charge in [-0.1, -0.05) is 32.0 Å². The van der Waals surface area contributed by atoms with Gasteiger partial charge in [-0.25, -0.2) is 4.79 Å². The summed E-state index contributed by atoms with van der Waals surface area (Å²) in [6.45, 7) is 7.21. The predicted octanol–water partition coefficient (Wildman–Crippen LogP) is 4.75. The van der Waals surface area contributed by atoms with Gasteiger partial charge in [0.05, 0.1) is 24.6 Å². The number of pyridine rings is 1. The molecule has 2 aromatic heterocycles. The molecule has 3 rings (SSSR count). The van der Waals surface area contributed by atoms with Crippen molar-refractivity contribution in [3.8, 4) is 22.4 Å². The van der Waals surface area contributed by atoms with E-state index in [1.807, 2.05) is 48.1 Å². The Morgan fingerprint density at radius 3 is 2.78 bits per heavy atom. The van der Waals surface area contributed by atoms with Crippen molar-refractivity contribution in [2.24, 2.45) is 5.92 Å². The Morgan fingerprint density at radius 1 is 1.22 bits per heavy atom. The summed E-state index contributed by atoms with van der Waals surface area (Å²) in [5.41, 5.74) is 5.15. The molecule has 1 aromatic carbocycles. The smallest absolute Gasteiger partial charge is 0.338 e. The van der Waals surface area contributed by atoms with Crippen LogP contribution in [0.25, 0.3) is 22.4 Å². The van der Waals surface area contributed by atoms with Crippen LogP contribution in [0.1, 0.15) is 36.2 Å². The lowest BCUT2D eigenvalue weighted by molar-refractivity contribution is 0.0600. The van der Waals surface area contributed by atoms with Gasteiger partial charge in [-0.3, -0.25) is 9.67 Å². The number of aryl methyl sites for hydroxylation is 2. The zero-order valence-corrected chi connectivity index (χ0v) is 16.3. The van der Waals surface area contributed by atoms with Crippen LogP contribution in [0.15, 0.2) is 48.9 Å². The van der Waals surface area contributed by atoms with Crippen molar-refractivity contribution in [2.45, 2.75) is 33.7 Å². The Morgan fingerprint density at radius 2 is 2.04 bits per heavy atom. The Balaban J connectivity index is 1.99. The van der Waals surface area contributed by atoms with Crippen LogP contribution >= 0.6 is 0 Å². The maximum absolute atomic E-state index is 12.0. The van der Waals surface area contributed by atoms with Crippen molar-refractivity contribution in [1.29, 1.82) is 0 Å². The molecule has 140 valence electrons. The summed E-state index contributed by atoms with van der Waals surface area (Å²) in [4.78, 5) is 16.6. The highest BCUT2D eigenvalue weighted by Crippen LogP contribution is 2.31. The third-order valence-corrected chi connectivity index (χ3v) is 4.60. The molecular formula is C22H25N3O2. The average molecular weight is 363 g/mol. The number of hydrogen-bond donors (Lipinski definition) is 0. The van der Waals surface area contributed by atoms with Crippen LogP contribution in [0.5, 0.6) is 0 Å². The second-order valence-corrected chi connectivity index (χ2v) is 7.10. The van der Waals surface area contributed by atoms with Gasteiger partial charge in [-0.15, -0.1) is 0 Å². The van der Waals surface area contributed by atoms with Crippen LogP contribution in [0.4, 0.5) is 0 Å². The number of benzene rings is 1. The molecule has 0 aliphatic carbocycles. The highest BCUT2D eigenvalue weighted by atomic mass is 16.5. The van der Waals surface area contributed by atoms with Gasteiger partial charge in [0.1, 0.15) is 0 Å². The van der Waals surface area contributed by atoms with Crippen molar-refractivity contribution < 1.29 is 9.53 Å². The van der Waals surface area contributed by atoms with E-state index < -0.39 is 0 Å². The molecule has 0 amide bonds. The van der Waals surface area contributed by atoms with Gasteiger partial charge < -0.3 is 4.74 Å². The van der Waals surface area contributed by atoms with Crippen LogP contribution in [-0.2, 0) is 11.3 Å². The van der Waals surface area contributed by atoms with E-state index >= 15 is 0 Å². The van der Waals surface area contributed by atoms with Gasteiger partial charge in [-0.2, -0.15) is 5.10 Å². The normalized spacial score (nSPS) is 11.0. The number of carbonyl (C=O) groups excluding carboxylic acids is 1. The number of hydrogen-bond acceptors (Lipinski definition) is 4. The molecule has 0 unspecified atom stereocenters. The molecule has 27 heavy (non-hydrogen) atoms. The summed E-state index contributed by atoms with van der Waals surface area (Å²) < 4.78 is 6.87. The Labute approximate surface area is 160 Å². The average Bonchev–Trinajstić information content (AvgIpc) is 3.15. The first-order valence-corrected chi connectivity index (χ1v) is 9.16. The van der Waals surface area contributed by atoms with E-state index in [0.29, 0.717) is 11.5 Å². The molecule has 0 N–H and O–H groups in total. The Kier molecular flexibility index (Phi) is 5.69. The maximum atomic E-state index is 12.0. The molecule has 0 fully saturated rings. The Bertz CT molecular complexity index is 944. The van der Waals surface area contributed by atoms with Crippen molar-refractivity contribution in [2.75, 3.05) is 7.11 Å². The minimum absolute atomic E-state index is 0.340. The Hall–Kier alpha value is -2.95. The van der Waals surface area contributed by atoms with E-state index in [2.05, 4.69) is 30.1 Å². The van der Waals surface area contributed by atoms with Gasteiger partial charge in [0, 0.05) is 35.6 Å². The van der Waals surface area contributed by atoms with E-state index in [1.165, 1.54) is 7.11 Å². The van der Waals surface area contributed by atoms with E-state index in [1.54, 1.807) is 6.20 Å². The fraction of sp³-hybridized carbons (Fsp3) is 0.318. The zero-order valence-electron chi connectivity index (χ0n) is 16.3. The molecule has 0 spiro atoms. The molecule has 3 aromatic rings. The summed E-state index contributed by atoms with van der Waals surface area (Å²) in [5, 5.41) is 4.49. The quantitative estimate of drug-likeness (QED) is 0.593. The lowest BCUT2D eigenvalue weighted by Gasteiger charge is -2.10. The summed E-state index contributed by atoms with van der Waals surface area (Å²) in [6, 6.07) is 9.70. The molecule has 2 heterocycles. The monoisotopic (exact) mass is 363 g/mol. The standard InChI is InChI=1S/C22H25N3O2/c1-15(2)9-11-25-14-18(13-24-25)19-6-5-10-23-21(19)17-8-7-16(3)20(12-17)22(26)27-4/h5-8,10,12-15H,9,11H2,1-4H3. The molecule has 0 saturated carbocycles. The van der Waals surface area contributed by atoms with Crippen LogP contribution in [-0.4, -0.2) is 27.8 Å². The summed E-state index contributed by atoms with van der Waals surface area (Å²) in [6.07, 6.45) is 6.77. The van der Waals surface area contributed by atoms with Crippen molar-refractivity contribution in [3.05, 3.63) is 60.0 Å². The molecule has 0 radical (unpaired) electrons. The summed E-state index contributed by atoms with van der Waals surface area (Å²) >= 11 is 0. The number of esters is 1. The van der Waals surface area contributed by atoms with Gasteiger partial charge in [0.25, 0.3) is 0 Å². The number of carbonyl (C=O) groups is 1. The number of methoxy groups -OCH3 is 1. The van der Waals surface area contributed by atoms with E-state index in [4.69, 9.17) is 4.74 Å². The molecule has 0 aliphatic rings. The summed E-state index contributed by atoms with van der Waals surface area (Å²) in [5.74, 6) is 0.296. The van der Waals surface area contributed by atoms with Crippen LogP contribution < -0.4 is 0 Å². The van der Waals surface area contributed by atoms with Gasteiger partial charge in [-0.05, 0) is 37.0 Å². The van der Waals surface area contributed by atoms with E-state index in [9.17, 15) is 4.79 Å². The van der Waals surface area contributed by atoms with Crippen molar-refractivity contribution in [1.82, 2.24) is 14.8 Å². The number of rotatable bonds is 6. The van der Waals surface area contributed by atoms with Crippen LogP contribution in [0, 0.1) is 12.8 Å². The molecular weight excluding hydrogens is 338 g/mol. The maximum Gasteiger partial charge on any atom is 0.338 e. The molecule has 5 nitrogen and oxygen atoms in total. The molecule has 0 bridgehead atoms. The third-order valence-electron chi connectivity index (χ3n) is 4.60. The highest BCUT2D eigenvalue weighted by molar-refractivity contribution is 5.93. The molecule has 0 atom stereocenters. The lowest BCUT2D eigenvalue weighted by Crippen LogP contribution is -2.04. The molecule has 5 heteroatoms. The van der Waals surface area contributed by atoms with Crippen LogP contribution in [0.3, 0.4) is 0 Å². The van der Waals surface area contributed by atoms with Gasteiger partial charge >= 0.3 is 5.97 Å². The topological polar surface area (TPSA) is 57.0 Å². The first-order chi connectivity index (χ1) is 13.0. The number of aromatic nitrogens is 3. The first-order valence-electron chi connectivity index (χ1n) is 9.16. The lowest BCUT2D eigenvalue weighted by atomic mass is 9.98. The molecule has 0 saturated heterocycles. The minimum Gasteiger partial charge on any atom is -0.465 e. The number of ether oxygens (including phenoxy) is 1. The van der Waals surface area contributed by atoms with Crippen molar-refractivity contribution >= 4 is 5.97 Å². The SMILES string of the molecule is COC(=O)c1cc(-c2ncccc2-c2cnn(CCC(C)C)c2)ccc1C. The zero-order chi connectivity index (χ0) is 19.4.